The van der Waals surface area contributed by atoms with E-state index < -0.39 is 5.91 Å². The summed E-state index contributed by atoms with van der Waals surface area (Å²) in [7, 11) is 1.69. The van der Waals surface area contributed by atoms with E-state index in [1.807, 2.05) is 0 Å². The molecule has 10 nitrogen and oxygen atoms in total. The predicted molar refractivity (Wildman–Crippen MR) is 92.8 cm³/mol. The third-order valence-corrected chi connectivity index (χ3v) is 4.31. The number of anilines is 2. The van der Waals surface area contributed by atoms with E-state index in [2.05, 4.69) is 30.7 Å². The lowest BCUT2D eigenvalue weighted by Crippen LogP contribution is -2.31. The molecule has 0 bridgehead atoms. The Labute approximate surface area is 144 Å². The number of rotatable bonds is 4. The Hall–Kier alpha value is -3.34. The summed E-state index contributed by atoms with van der Waals surface area (Å²) in [5.74, 6) is 0.367. The molecular weight excluding hydrogens is 344 g/mol. The van der Waals surface area contributed by atoms with Crippen LogP contribution in [0.4, 0.5) is 11.8 Å². The van der Waals surface area contributed by atoms with Gasteiger partial charge in [-0.15, -0.1) is 16.4 Å². The maximum absolute atomic E-state index is 12.7. The van der Waals surface area contributed by atoms with Crippen LogP contribution in [0.25, 0.3) is 15.9 Å². The summed E-state index contributed by atoms with van der Waals surface area (Å²) in [4.78, 5) is 36.8. The quantitative estimate of drug-likeness (QED) is 0.549. The van der Waals surface area contributed by atoms with Crippen LogP contribution in [-0.4, -0.2) is 42.1 Å². The van der Waals surface area contributed by atoms with Crippen LogP contribution in [0.5, 0.6) is 0 Å². The molecule has 0 aliphatic rings. The first-order chi connectivity index (χ1) is 12.2. The Bertz CT molecular complexity index is 1130. The van der Waals surface area contributed by atoms with Crippen molar-refractivity contribution in [3.05, 3.63) is 40.5 Å². The number of amides is 1. The molecule has 0 spiro atoms. The van der Waals surface area contributed by atoms with E-state index >= 15 is 0 Å². The molecular formula is C14H12N8O2S. The van der Waals surface area contributed by atoms with Crippen molar-refractivity contribution in [3.63, 3.8) is 0 Å². The second-order valence-electron chi connectivity index (χ2n) is 5.08. The topological polar surface area (TPSA) is 119 Å². The summed E-state index contributed by atoms with van der Waals surface area (Å²) < 4.78 is 3.63. The molecule has 4 rings (SSSR count). The molecule has 1 amide bonds. The number of fused-ring (bicyclic) bond motifs is 3. The second-order valence-corrected chi connectivity index (χ2v) is 5.97. The van der Waals surface area contributed by atoms with Crippen molar-refractivity contribution < 1.29 is 4.79 Å². The van der Waals surface area contributed by atoms with Crippen LogP contribution >= 0.6 is 11.3 Å². The Balaban J connectivity index is 1.73. The number of hydrogen-bond donors (Lipinski definition) is 2. The van der Waals surface area contributed by atoms with Gasteiger partial charge in [-0.25, -0.2) is 19.6 Å². The average Bonchev–Trinajstić information content (AvgIpc) is 3.20. The highest BCUT2D eigenvalue weighted by Crippen LogP contribution is 2.23. The Kier molecular flexibility index (Phi) is 3.61. The lowest BCUT2D eigenvalue weighted by molar-refractivity contribution is -0.117. The van der Waals surface area contributed by atoms with Gasteiger partial charge < -0.3 is 10.6 Å². The minimum atomic E-state index is -0.411. The van der Waals surface area contributed by atoms with E-state index in [-0.39, 0.29) is 12.1 Å². The first kappa shape index (κ1) is 15.2. The third kappa shape index (κ3) is 2.59. The molecule has 11 heteroatoms. The molecule has 0 saturated heterocycles. The van der Waals surface area contributed by atoms with Gasteiger partial charge in [0.1, 0.15) is 24.2 Å². The zero-order valence-electron chi connectivity index (χ0n) is 13.0. The van der Waals surface area contributed by atoms with Crippen LogP contribution in [0.3, 0.4) is 0 Å². The van der Waals surface area contributed by atoms with Crippen molar-refractivity contribution in [3.8, 4) is 0 Å². The highest BCUT2D eigenvalue weighted by Gasteiger charge is 2.17. The van der Waals surface area contributed by atoms with Gasteiger partial charge in [0.25, 0.3) is 5.56 Å². The van der Waals surface area contributed by atoms with Crippen LogP contribution in [-0.2, 0) is 11.3 Å². The smallest absolute Gasteiger partial charge is 0.291 e. The fraction of sp³-hybridized carbons (Fsp3) is 0.143. The van der Waals surface area contributed by atoms with Gasteiger partial charge in [-0.05, 0) is 12.1 Å². The van der Waals surface area contributed by atoms with Crippen molar-refractivity contribution in [1.82, 2.24) is 29.1 Å². The van der Waals surface area contributed by atoms with Gasteiger partial charge >= 0.3 is 0 Å². The maximum atomic E-state index is 12.7. The second kappa shape index (κ2) is 5.94. The maximum Gasteiger partial charge on any atom is 0.291 e. The number of aromatic nitrogens is 6. The predicted octanol–water partition coefficient (Wildman–Crippen LogP) is 0.576. The van der Waals surface area contributed by atoms with Crippen LogP contribution in [0, 0.1) is 0 Å². The summed E-state index contributed by atoms with van der Waals surface area (Å²) >= 11 is 1.43. The first-order valence-electron chi connectivity index (χ1n) is 7.27. The van der Waals surface area contributed by atoms with Gasteiger partial charge in [0.15, 0.2) is 5.65 Å². The number of thiazole rings is 1. The highest BCUT2D eigenvalue weighted by atomic mass is 32.1. The van der Waals surface area contributed by atoms with Crippen molar-refractivity contribution in [2.75, 3.05) is 17.7 Å². The molecule has 0 aromatic carbocycles. The zero-order chi connectivity index (χ0) is 17.4. The standard InChI is InChI=1S/C14H12N8O2S/c1-15-14-20-21(5-11(23)19-10-2-3-16-6-17-10)13(24)8-4-9-12(22(8)14)18-7-25-9/h2-4,6-7H,5H2,1H3,(H,15,20)(H,16,17,19,23). The molecule has 4 aromatic heterocycles. The van der Waals surface area contributed by atoms with Gasteiger partial charge in [-0.3, -0.25) is 14.0 Å². The van der Waals surface area contributed by atoms with Gasteiger partial charge in [-0.2, -0.15) is 0 Å². The Morgan fingerprint density at radius 3 is 3.00 bits per heavy atom. The fourth-order valence-electron chi connectivity index (χ4n) is 2.48. The highest BCUT2D eigenvalue weighted by molar-refractivity contribution is 7.16. The van der Waals surface area contributed by atoms with Gasteiger partial charge in [-0.1, -0.05) is 0 Å². The molecule has 25 heavy (non-hydrogen) atoms. The van der Waals surface area contributed by atoms with Crippen LogP contribution in [0.2, 0.25) is 0 Å². The molecule has 4 heterocycles. The molecule has 4 aromatic rings. The van der Waals surface area contributed by atoms with E-state index in [9.17, 15) is 9.59 Å². The molecule has 126 valence electrons. The normalized spacial score (nSPS) is 11.1. The van der Waals surface area contributed by atoms with Crippen LogP contribution in [0.15, 0.2) is 35.0 Å². The lowest BCUT2D eigenvalue weighted by Gasteiger charge is -2.10. The van der Waals surface area contributed by atoms with E-state index in [1.165, 1.54) is 23.9 Å². The molecule has 2 N–H and O–H groups in total. The molecule has 0 aliphatic heterocycles. The van der Waals surface area contributed by atoms with E-state index in [0.29, 0.717) is 22.9 Å². The molecule has 0 saturated carbocycles. The lowest BCUT2D eigenvalue weighted by atomic mass is 10.5. The van der Waals surface area contributed by atoms with E-state index in [4.69, 9.17) is 0 Å². The monoisotopic (exact) mass is 356 g/mol. The van der Waals surface area contributed by atoms with Gasteiger partial charge in [0.05, 0.1) is 10.2 Å². The van der Waals surface area contributed by atoms with Crippen molar-refractivity contribution >= 4 is 44.9 Å². The number of nitrogens with zero attached hydrogens (tertiary/aromatic N) is 6. The minimum Gasteiger partial charge on any atom is -0.357 e. The van der Waals surface area contributed by atoms with Crippen molar-refractivity contribution in [1.29, 1.82) is 0 Å². The molecule has 0 radical (unpaired) electrons. The summed E-state index contributed by atoms with van der Waals surface area (Å²) in [5, 5.41) is 9.76. The van der Waals surface area contributed by atoms with Crippen molar-refractivity contribution in [2.24, 2.45) is 0 Å². The Morgan fingerprint density at radius 2 is 2.24 bits per heavy atom. The number of nitrogens with one attached hydrogen (secondary N) is 2. The Morgan fingerprint density at radius 1 is 1.36 bits per heavy atom. The van der Waals surface area contributed by atoms with Gasteiger partial charge in [0, 0.05) is 13.2 Å². The zero-order valence-corrected chi connectivity index (χ0v) is 13.8. The summed E-state index contributed by atoms with van der Waals surface area (Å²) in [6, 6.07) is 3.31. The molecule has 0 atom stereocenters. The van der Waals surface area contributed by atoms with Crippen LogP contribution < -0.4 is 16.2 Å². The fourth-order valence-corrected chi connectivity index (χ4v) is 3.17. The van der Waals surface area contributed by atoms with E-state index in [1.54, 1.807) is 29.1 Å². The molecule has 0 fully saturated rings. The largest absolute Gasteiger partial charge is 0.357 e. The van der Waals surface area contributed by atoms with Crippen molar-refractivity contribution in [2.45, 2.75) is 6.54 Å². The van der Waals surface area contributed by atoms with E-state index in [0.717, 1.165) is 9.38 Å². The minimum absolute atomic E-state index is 0.236. The average molecular weight is 356 g/mol. The number of carbonyl (C=O) groups excluding carboxylic acids is 1. The van der Waals surface area contributed by atoms with Crippen LogP contribution in [0.1, 0.15) is 0 Å². The number of carbonyl (C=O) groups is 1. The van der Waals surface area contributed by atoms with Gasteiger partial charge in [0.2, 0.25) is 11.9 Å². The molecule has 0 aliphatic carbocycles. The molecule has 0 unspecified atom stereocenters. The summed E-state index contributed by atoms with van der Waals surface area (Å²) in [5.41, 5.74) is 2.40. The number of hydrogen-bond acceptors (Lipinski definition) is 8. The summed E-state index contributed by atoms with van der Waals surface area (Å²) in [6.45, 7) is -0.236. The third-order valence-electron chi connectivity index (χ3n) is 3.54. The first-order valence-corrected chi connectivity index (χ1v) is 8.14. The summed E-state index contributed by atoms with van der Waals surface area (Å²) in [6.07, 6.45) is 2.84. The SMILES string of the molecule is CNc1nn(CC(=O)Nc2ccncn2)c(=O)c2cc3scnc3n12.